The van der Waals surface area contributed by atoms with Crippen molar-refractivity contribution in [2.45, 2.75) is 38.8 Å². The van der Waals surface area contributed by atoms with Crippen LogP contribution in [0.25, 0.3) is 0 Å². The predicted molar refractivity (Wildman–Crippen MR) is 41.5 cm³/mol. The van der Waals surface area contributed by atoms with Crippen LogP contribution in [0.3, 0.4) is 0 Å². The van der Waals surface area contributed by atoms with Crippen LogP contribution in [0.1, 0.15) is 20.8 Å². The molecule has 0 amide bonds. The fourth-order valence-electron chi connectivity index (χ4n) is 1.12. The van der Waals surface area contributed by atoms with Gasteiger partial charge in [0.2, 0.25) is 0 Å². The van der Waals surface area contributed by atoms with Crippen molar-refractivity contribution < 1.29 is 19.0 Å². The van der Waals surface area contributed by atoms with E-state index in [9.17, 15) is 4.79 Å². The molecule has 1 aliphatic rings. The van der Waals surface area contributed by atoms with E-state index in [0.29, 0.717) is 13.1 Å². The zero-order valence-corrected chi connectivity index (χ0v) is 7.57. The van der Waals surface area contributed by atoms with Gasteiger partial charge in [0.05, 0.1) is 6.61 Å². The summed E-state index contributed by atoms with van der Waals surface area (Å²) < 4.78 is 15.5. The molecule has 0 spiro atoms. The van der Waals surface area contributed by atoms with E-state index in [4.69, 9.17) is 14.2 Å². The molecule has 0 aromatic carbocycles. The van der Waals surface area contributed by atoms with E-state index in [1.54, 1.807) is 6.92 Å². The molecule has 0 saturated carbocycles. The Morgan fingerprint density at radius 2 is 2.33 bits per heavy atom. The highest BCUT2D eigenvalue weighted by molar-refractivity contribution is 5.37. The van der Waals surface area contributed by atoms with Gasteiger partial charge in [-0.1, -0.05) is 0 Å². The summed E-state index contributed by atoms with van der Waals surface area (Å²) in [6, 6.07) is 0. The van der Waals surface area contributed by atoms with Gasteiger partial charge in [-0.15, -0.1) is 0 Å². The van der Waals surface area contributed by atoms with E-state index in [1.165, 1.54) is 0 Å². The van der Waals surface area contributed by atoms with Crippen LogP contribution in [0.4, 0.5) is 0 Å². The van der Waals surface area contributed by atoms with Gasteiger partial charge in [-0.25, -0.2) is 0 Å². The van der Waals surface area contributed by atoms with Crippen molar-refractivity contribution in [2.24, 2.45) is 0 Å². The van der Waals surface area contributed by atoms with Gasteiger partial charge in [0.25, 0.3) is 6.47 Å². The quantitative estimate of drug-likeness (QED) is 0.591. The minimum Gasteiger partial charge on any atom is -0.462 e. The lowest BCUT2D eigenvalue weighted by Gasteiger charge is -2.19. The maximum atomic E-state index is 10.0. The molecular formula is C8H14O4. The molecule has 1 fully saturated rings. The van der Waals surface area contributed by atoms with Crippen molar-refractivity contribution in [1.82, 2.24) is 0 Å². The summed E-state index contributed by atoms with van der Waals surface area (Å²) in [5, 5.41) is 0. The van der Waals surface area contributed by atoms with Crippen molar-refractivity contribution in [3.63, 3.8) is 0 Å². The van der Waals surface area contributed by atoms with Crippen LogP contribution in [-0.2, 0) is 19.0 Å². The third-order valence-electron chi connectivity index (χ3n) is 1.82. The molecule has 0 aromatic rings. The van der Waals surface area contributed by atoms with E-state index in [2.05, 4.69) is 0 Å². The Morgan fingerprint density at radius 1 is 1.67 bits per heavy atom. The summed E-state index contributed by atoms with van der Waals surface area (Å²) in [4.78, 5) is 10.0. The first kappa shape index (κ1) is 9.48. The molecule has 4 nitrogen and oxygen atoms in total. The Labute approximate surface area is 71.8 Å². The maximum Gasteiger partial charge on any atom is 0.293 e. The van der Waals surface area contributed by atoms with Crippen molar-refractivity contribution in [1.29, 1.82) is 0 Å². The first-order valence-corrected chi connectivity index (χ1v) is 3.96. The average molecular weight is 174 g/mol. The second kappa shape index (κ2) is 3.41. The van der Waals surface area contributed by atoms with Gasteiger partial charge in [-0.3, -0.25) is 4.79 Å². The van der Waals surface area contributed by atoms with Crippen LogP contribution in [0, 0.1) is 0 Å². The molecule has 1 aliphatic heterocycles. The molecule has 0 N–H and O–H groups in total. The predicted octanol–water partition coefficient (Wildman–Crippen LogP) is 0.699. The van der Waals surface area contributed by atoms with Gasteiger partial charge in [0.15, 0.2) is 5.79 Å². The molecule has 1 saturated heterocycles. The number of rotatable bonds is 3. The van der Waals surface area contributed by atoms with Crippen molar-refractivity contribution in [3.05, 3.63) is 0 Å². The number of carbonyl (C=O) groups is 1. The van der Waals surface area contributed by atoms with E-state index in [1.807, 2.05) is 13.8 Å². The first-order chi connectivity index (χ1) is 5.55. The van der Waals surface area contributed by atoms with Gasteiger partial charge < -0.3 is 14.2 Å². The minimum absolute atomic E-state index is 0.148. The molecule has 0 unspecified atom stereocenters. The molecule has 0 aliphatic carbocycles. The summed E-state index contributed by atoms with van der Waals surface area (Å²) in [7, 11) is 0. The van der Waals surface area contributed by atoms with Crippen molar-refractivity contribution in [2.75, 3.05) is 6.61 Å². The Bertz CT molecular complexity index is 166. The van der Waals surface area contributed by atoms with Crippen LogP contribution in [0.5, 0.6) is 0 Å². The molecule has 0 aromatic heterocycles. The number of carbonyl (C=O) groups excluding carboxylic acids is 1. The zero-order chi connectivity index (χ0) is 9.19. The average Bonchev–Trinajstić information content (AvgIpc) is 2.31. The fraction of sp³-hybridized carbons (Fsp3) is 0.875. The number of hydrogen-bond donors (Lipinski definition) is 0. The highest BCUT2D eigenvalue weighted by Crippen LogP contribution is 2.24. The number of ether oxygens (including phenoxy) is 3. The summed E-state index contributed by atoms with van der Waals surface area (Å²) >= 11 is 0. The Hall–Kier alpha value is -0.610. The molecule has 0 bridgehead atoms. The van der Waals surface area contributed by atoms with Gasteiger partial charge in [0, 0.05) is 0 Å². The summed E-state index contributed by atoms with van der Waals surface area (Å²) in [5.41, 5.74) is 0. The van der Waals surface area contributed by atoms with Crippen LogP contribution in [-0.4, -0.2) is 31.1 Å². The monoisotopic (exact) mass is 174 g/mol. The van der Waals surface area contributed by atoms with Gasteiger partial charge in [-0.05, 0) is 20.8 Å². The molecule has 2 atom stereocenters. The SMILES string of the molecule is C[C@@H](OC=O)[C@@H]1COC(C)(C)O1. The van der Waals surface area contributed by atoms with Gasteiger partial charge in [0.1, 0.15) is 12.2 Å². The first-order valence-electron chi connectivity index (χ1n) is 3.96. The molecule has 1 heterocycles. The summed E-state index contributed by atoms with van der Waals surface area (Å²) in [5.74, 6) is -0.550. The van der Waals surface area contributed by atoms with Crippen LogP contribution in [0.15, 0.2) is 0 Å². The Morgan fingerprint density at radius 3 is 2.75 bits per heavy atom. The van der Waals surface area contributed by atoms with Crippen LogP contribution >= 0.6 is 0 Å². The van der Waals surface area contributed by atoms with E-state index in [0.717, 1.165) is 0 Å². The standard InChI is InChI=1S/C8H14O4/c1-6(10-5-9)7-4-11-8(2,3)12-7/h5-7H,4H2,1-3H3/t6-,7+/m1/s1. The largest absolute Gasteiger partial charge is 0.462 e. The summed E-state index contributed by atoms with van der Waals surface area (Å²) in [6.45, 7) is 6.35. The third kappa shape index (κ3) is 2.19. The number of hydrogen-bond acceptors (Lipinski definition) is 4. The third-order valence-corrected chi connectivity index (χ3v) is 1.82. The van der Waals surface area contributed by atoms with Crippen LogP contribution < -0.4 is 0 Å². The fourth-order valence-corrected chi connectivity index (χ4v) is 1.12. The molecule has 1 rings (SSSR count). The Kier molecular flexibility index (Phi) is 2.69. The Balaban J connectivity index is 2.40. The molecule has 4 heteroatoms. The zero-order valence-electron chi connectivity index (χ0n) is 7.57. The molecule has 12 heavy (non-hydrogen) atoms. The summed E-state index contributed by atoms with van der Waals surface area (Å²) in [6.07, 6.45) is -0.394. The lowest BCUT2D eigenvalue weighted by molar-refractivity contribution is -0.160. The van der Waals surface area contributed by atoms with Crippen molar-refractivity contribution >= 4 is 6.47 Å². The second-order valence-electron chi connectivity index (χ2n) is 3.30. The molecular weight excluding hydrogens is 160 g/mol. The topological polar surface area (TPSA) is 44.8 Å². The van der Waals surface area contributed by atoms with Gasteiger partial charge in [-0.2, -0.15) is 0 Å². The van der Waals surface area contributed by atoms with Crippen molar-refractivity contribution in [3.8, 4) is 0 Å². The minimum atomic E-state index is -0.550. The molecule has 70 valence electrons. The highest BCUT2D eigenvalue weighted by atomic mass is 16.7. The van der Waals surface area contributed by atoms with E-state index < -0.39 is 5.79 Å². The second-order valence-corrected chi connectivity index (χ2v) is 3.30. The highest BCUT2D eigenvalue weighted by Gasteiger charge is 2.36. The van der Waals surface area contributed by atoms with Crippen LogP contribution in [0.2, 0.25) is 0 Å². The maximum absolute atomic E-state index is 10.0. The lowest BCUT2D eigenvalue weighted by Crippen LogP contribution is -2.30. The lowest BCUT2D eigenvalue weighted by atomic mass is 10.2. The molecule has 0 radical (unpaired) electrons. The smallest absolute Gasteiger partial charge is 0.293 e. The van der Waals surface area contributed by atoms with Gasteiger partial charge >= 0.3 is 0 Å². The van der Waals surface area contributed by atoms with E-state index in [-0.39, 0.29) is 12.2 Å². The van der Waals surface area contributed by atoms with E-state index >= 15 is 0 Å². The normalized spacial score (nSPS) is 29.8.